The van der Waals surface area contributed by atoms with Crippen LogP contribution >= 0.6 is 0 Å². The topological polar surface area (TPSA) is 54.6 Å². The van der Waals surface area contributed by atoms with Gasteiger partial charge in [-0.05, 0) is 68.1 Å². The van der Waals surface area contributed by atoms with Gasteiger partial charge in [0.15, 0.2) is 0 Å². The number of ether oxygens (including phenoxy) is 2. The molecular weight excluding hydrogens is 364 g/mol. The molecule has 0 saturated carbocycles. The van der Waals surface area contributed by atoms with E-state index in [1.165, 1.54) is 16.5 Å². The number of para-hydroxylation sites is 1. The summed E-state index contributed by atoms with van der Waals surface area (Å²) < 4.78 is 10.5. The van der Waals surface area contributed by atoms with Crippen LogP contribution in [0.1, 0.15) is 47.2 Å². The molecule has 0 spiro atoms. The summed E-state index contributed by atoms with van der Waals surface area (Å²) in [5, 5.41) is 1.35. The monoisotopic (exact) mass is 392 g/mol. The van der Waals surface area contributed by atoms with Crippen LogP contribution in [0.15, 0.2) is 48.7 Å². The summed E-state index contributed by atoms with van der Waals surface area (Å²) in [6.07, 6.45) is 4.46. The van der Waals surface area contributed by atoms with Gasteiger partial charge in [0.1, 0.15) is 11.3 Å². The lowest BCUT2D eigenvalue weighted by Gasteiger charge is -2.32. The maximum Gasteiger partial charge on any atom is 0.341 e. The molecule has 2 heterocycles. The Morgan fingerprint density at radius 1 is 1.17 bits per heavy atom. The normalized spacial score (nSPS) is 15.5. The molecule has 0 unspecified atom stereocenters. The number of aromatic amines is 1. The molecule has 5 heteroatoms. The molecule has 1 aliphatic rings. The van der Waals surface area contributed by atoms with Crippen molar-refractivity contribution in [3.63, 3.8) is 0 Å². The van der Waals surface area contributed by atoms with Gasteiger partial charge in [-0.15, -0.1) is 0 Å². The van der Waals surface area contributed by atoms with E-state index in [-0.39, 0.29) is 5.97 Å². The van der Waals surface area contributed by atoms with Crippen molar-refractivity contribution >= 4 is 16.9 Å². The number of esters is 1. The Labute approximate surface area is 171 Å². The molecule has 1 aliphatic heterocycles. The molecule has 0 atom stereocenters. The predicted octanol–water partition coefficient (Wildman–Crippen LogP) is 4.73. The van der Waals surface area contributed by atoms with E-state index < -0.39 is 0 Å². The van der Waals surface area contributed by atoms with Crippen molar-refractivity contribution in [2.75, 3.05) is 26.8 Å². The van der Waals surface area contributed by atoms with Gasteiger partial charge < -0.3 is 14.5 Å². The quantitative estimate of drug-likeness (QED) is 0.616. The number of rotatable bonds is 6. The van der Waals surface area contributed by atoms with Crippen LogP contribution in [0.25, 0.3) is 10.9 Å². The Morgan fingerprint density at radius 2 is 1.97 bits per heavy atom. The van der Waals surface area contributed by atoms with E-state index in [9.17, 15) is 4.79 Å². The lowest BCUT2D eigenvalue weighted by molar-refractivity contribution is 0.0522. The number of piperidine rings is 1. The molecule has 152 valence electrons. The number of nitrogens with zero attached hydrogens (tertiary/aromatic N) is 1. The van der Waals surface area contributed by atoms with Gasteiger partial charge >= 0.3 is 5.97 Å². The molecule has 3 aromatic rings. The fourth-order valence-corrected chi connectivity index (χ4v) is 4.31. The molecule has 1 N–H and O–H groups in total. The number of aromatic nitrogens is 1. The number of carbonyl (C=O) groups excluding carboxylic acids is 1. The second-order valence-corrected chi connectivity index (χ2v) is 7.60. The summed E-state index contributed by atoms with van der Waals surface area (Å²) in [4.78, 5) is 18.1. The number of methoxy groups -OCH3 is 1. The number of hydrogen-bond donors (Lipinski definition) is 1. The van der Waals surface area contributed by atoms with Crippen LogP contribution in [0.3, 0.4) is 0 Å². The Hall–Kier alpha value is -2.79. The number of hydrogen-bond acceptors (Lipinski definition) is 4. The first-order valence-electron chi connectivity index (χ1n) is 10.3. The highest BCUT2D eigenvalue weighted by Gasteiger charge is 2.23. The maximum atomic E-state index is 12.2. The van der Waals surface area contributed by atoms with Crippen molar-refractivity contribution in [1.82, 2.24) is 9.88 Å². The molecule has 2 aromatic carbocycles. The minimum atomic E-state index is -0.329. The Morgan fingerprint density at radius 3 is 2.72 bits per heavy atom. The van der Waals surface area contributed by atoms with E-state index in [1.807, 2.05) is 25.1 Å². The first kappa shape index (κ1) is 19.5. The van der Waals surface area contributed by atoms with E-state index >= 15 is 0 Å². The Balaban J connectivity index is 1.42. The largest absolute Gasteiger partial charge is 0.496 e. The van der Waals surface area contributed by atoms with Crippen LogP contribution in [0, 0.1) is 0 Å². The minimum absolute atomic E-state index is 0.329. The number of nitrogens with one attached hydrogen (secondary N) is 1. The third kappa shape index (κ3) is 4.15. The molecule has 0 radical (unpaired) electrons. The highest BCUT2D eigenvalue weighted by molar-refractivity contribution is 5.92. The second kappa shape index (κ2) is 8.70. The van der Waals surface area contributed by atoms with Crippen molar-refractivity contribution in [1.29, 1.82) is 0 Å². The molecule has 0 amide bonds. The molecule has 0 aliphatic carbocycles. The summed E-state index contributed by atoms with van der Waals surface area (Å²) in [5.74, 6) is 0.822. The zero-order valence-corrected chi connectivity index (χ0v) is 17.1. The molecule has 1 fully saturated rings. The Bertz CT molecular complexity index is 987. The number of benzene rings is 2. The van der Waals surface area contributed by atoms with Gasteiger partial charge in [-0.25, -0.2) is 4.79 Å². The van der Waals surface area contributed by atoms with Crippen molar-refractivity contribution < 1.29 is 14.3 Å². The first-order chi connectivity index (χ1) is 14.2. The van der Waals surface area contributed by atoms with Gasteiger partial charge in [-0.3, -0.25) is 4.90 Å². The van der Waals surface area contributed by atoms with Crippen molar-refractivity contribution in [2.45, 2.75) is 32.2 Å². The zero-order chi connectivity index (χ0) is 20.2. The first-order valence-corrected chi connectivity index (χ1v) is 10.3. The van der Waals surface area contributed by atoms with E-state index in [4.69, 9.17) is 9.47 Å². The van der Waals surface area contributed by atoms with Gasteiger partial charge in [0.2, 0.25) is 0 Å². The van der Waals surface area contributed by atoms with E-state index in [0.717, 1.165) is 38.0 Å². The van der Waals surface area contributed by atoms with Gasteiger partial charge in [0.05, 0.1) is 13.7 Å². The highest BCUT2D eigenvalue weighted by Crippen LogP contribution is 2.33. The number of carbonyl (C=O) groups is 1. The lowest BCUT2D eigenvalue weighted by Crippen LogP contribution is -2.32. The third-order valence-corrected chi connectivity index (χ3v) is 5.81. The number of fused-ring (bicyclic) bond motifs is 1. The number of likely N-dealkylation sites (tertiary alicyclic amines) is 1. The minimum Gasteiger partial charge on any atom is -0.496 e. The molecule has 1 saturated heterocycles. The molecule has 4 rings (SSSR count). The van der Waals surface area contributed by atoms with Crippen LogP contribution < -0.4 is 4.74 Å². The number of H-pyrrole nitrogens is 1. The third-order valence-electron chi connectivity index (χ3n) is 5.81. The predicted molar refractivity (Wildman–Crippen MR) is 115 cm³/mol. The van der Waals surface area contributed by atoms with Gasteiger partial charge in [-0.1, -0.05) is 24.3 Å². The zero-order valence-electron chi connectivity index (χ0n) is 17.1. The van der Waals surface area contributed by atoms with Gasteiger partial charge in [-0.2, -0.15) is 0 Å². The second-order valence-electron chi connectivity index (χ2n) is 7.60. The fourth-order valence-electron chi connectivity index (χ4n) is 4.31. The smallest absolute Gasteiger partial charge is 0.341 e. The summed E-state index contributed by atoms with van der Waals surface area (Å²) in [6, 6.07) is 14.3. The van der Waals surface area contributed by atoms with Crippen molar-refractivity contribution in [3.05, 3.63) is 65.4 Å². The summed E-state index contributed by atoms with van der Waals surface area (Å²) in [6.45, 7) is 5.09. The lowest BCUT2D eigenvalue weighted by atomic mass is 9.89. The SMILES string of the molecule is CCOC(=O)c1cc(CN2CCC(c3c[nH]c4ccccc34)CC2)ccc1OC. The average Bonchev–Trinajstić information content (AvgIpc) is 3.19. The van der Waals surface area contributed by atoms with Crippen molar-refractivity contribution in [2.24, 2.45) is 0 Å². The van der Waals surface area contributed by atoms with Crippen LogP contribution in [-0.2, 0) is 11.3 Å². The van der Waals surface area contributed by atoms with Crippen molar-refractivity contribution in [3.8, 4) is 5.75 Å². The van der Waals surface area contributed by atoms with Gasteiger partial charge in [0, 0.05) is 23.6 Å². The summed E-state index contributed by atoms with van der Waals surface area (Å²) in [7, 11) is 1.58. The summed E-state index contributed by atoms with van der Waals surface area (Å²) >= 11 is 0. The molecular formula is C24H28N2O3. The van der Waals surface area contributed by atoms with Crippen LogP contribution in [0.5, 0.6) is 5.75 Å². The standard InChI is InChI=1S/C24H28N2O3/c1-3-29-24(27)20-14-17(8-9-23(20)28-2)16-26-12-10-18(11-13-26)21-15-25-22-7-5-4-6-19(21)22/h4-9,14-15,18,25H,3,10-13,16H2,1-2H3. The summed E-state index contributed by atoms with van der Waals surface area (Å²) in [5.41, 5.74) is 4.27. The molecule has 0 bridgehead atoms. The Kier molecular flexibility index (Phi) is 5.86. The van der Waals surface area contributed by atoms with Crippen LogP contribution in [0.2, 0.25) is 0 Å². The molecule has 5 nitrogen and oxygen atoms in total. The highest BCUT2D eigenvalue weighted by atomic mass is 16.5. The van der Waals surface area contributed by atoms with Gasteiger partial charge in [0.25, 0.3) is 0 Å². The fraction of sp³-hybridized carbons (Fsp3) is 0.375. The van der Waals surface area contributed by atoms with E-state index in [1.54, 1.807) is 7.11 Å². The average molecular weight is 392 g/mol. The van der Waals surface area contributed by atoms with E-state index in [0.29, 0.717) is 23.8 Å². The van der Waals surface area contributed by atoms with Crippen LogP contribution in [0.4, 0.5) is 0 Å². The molecule has 1 aromatic heterocycles. The van der Waals surface area contributed by atoms with Crippen LogP contribution in [-0.4, -0.2) is 42.7 Å². The maximum absolute atomic E-state index is 12.2. The van der Waals surface area contributed by atoms with E-state index in [2.05, 4.69) is 40.3 Å². The molecule has 29 heavy (non-hydrogen) atoms.